The monoisotopic (exact) mass is 412 g/mol. The smallest absolute Gasteiger partial charge is 0.129 e. The molecule has 20 heavy (non-hydrogen) atoms. The van der Waals surface area contributed by atoms with E-state index >= 15 is 0 Å². The van der Waals surface area contributed by atoms with Crippen molar-refractivity contribution >= 4 is 54.5 Å². The molecular weight excluding hydrogens is 403 g/mol. The Morgan fingerprint density at radius 2 is 2.00 bits per heavy atom. The van der Waals surface area contributed by atoms with E-state index in [1.807, 2.05) is 24.3 Å². The Balaban J connectivity index is 2.42. The lowest BCUT2D eigenvalue weighted by atomic mass is 10.2. The van der Waals surface area contributed by atoms with Gasteiger partial charge in [-0.15, -0.1) is 11.6 Å². The number of hydrogen-bond acceptors (Lipinski definition) is 1. The van der Waals surface area contributed by atoms with Gasteiger partial charge < -0.3 is 0 Å². The zero-order valence-corrected chi connectivity index (χ0v) is 14.6. The van der Waals surface area contributed by atoms with Gasteiger partial charge in [-0.3, -0.25) is 4.57 Å². The molecule has 2 aromatic carbocycles. The predicted molar refractivity (Wildman–Crippen MR) is 90.8 cm³/mol. The molecule has 3 rings (SSSR count). The van der Waals surface area contributed by atoms with Crippen LogP contribution in [-0.2, 0) is 5.88 Å². The second kappa shape index (κ2) is 5.51. The second-order valence-electron chi connectivity index (χ2n) is 4.54. The predicted octanol–water partition coefficient (Wildman–Crippen LogP) is 5.60. The highest BCUT2D eigenvalue weighted by Crippen LogP contribution is 2.31. The van der Waals surface area contributed by atoms with Crippen LogP contribution in [0.1, 0.15) is 11.4 Å². The minimum Gasteiger partial charge on any atom is -0.294 e. The van der Waals surface area contributed by atoms with Gasteiger partial charge >= 0.3 is 0 Å². The van der Waals surface area contributed by atoms with Crippen molar-refractivity contribution in [3.63, 3.8) is 0 Å². The van der Waals surface area contributed by atoms with Crippen LogP contribution in [0.15, 0.2) is 45.3 Å². The standard InChI is InChI=1S/C15H11Br2ClN2/c1-9-3-2-4-12-15(9)20(14(8-18)19-12)13-7-10(16)5-6-11(13)17/h2-7H,8H2,1H3. The van der Waals surface area contributed by atoms with Crippen molar-refractivity contribution in [1.29, 1.82) is 0 Å². The van der Waals surface area contributed by atoms with Crippen LogP contribution >= 0.6 is 43.5 Å². The Morgan fingerprint density at radius 3 is 2.75 bits per heavy atom. The van der Waals surface area contributed by atoms with E-state index in [1.165, 1.54) is 5.56 Å². The SMILES string of the molecule is Cc1cccc2nc(CCl)n(-c3cc(Br)ccc3Br)c12. The van der Waals surface area contributed by atoms with Gasteiger partial charge in [0.05, 0.1) is 22.6 Å². The van der Waals surface area contributed by atoms with Crippen LogP contribution in [0.25, 0.3) is 16.7 Å². The molecule has 0 bridgehead atoms. The highest BCUT2D eigenvalue weighted by molar-refractivity contribution is 9.11. The summed E-state index contributed by atoms with van der Waals surface area (Å²) in [6, 6.07) is 12.2. The van der Waals surface area contributed by atoms with Gasteiger partial charge in [0.1, 0.15) is 5.82 Å². The molecule has 0 N–H and O–H groups in total. The number of para-hydroxylation sites is 1. The molecule has 0 aliphatic rings. The van der Waals surface area contributed by atoms with E-state index in [4.69, 9.17) is 11.6 Å². The van der Waals surface area contributed by atoms with Crippen molar-refractivity contribution in [3.05, 3.63) is 56.7 Å². The Labute approximate surface area is 139 Å². The van der Waals surface area contributed by atoms with Gasteiger partial charge in [-0.05, 0) is 52.7 Å². The summed E-state index contributed by atoms with van der Waals surface area (Å²) in [7, 11) is 0. The number of aromatic nitrogens is 2. The van der Waals surface area contributed by atoms with E-state index in [9.17, 15) is 0 Å². The molecule has 0 saturated carbocycles. The number of halogens is 3. The van der Waals surface area contributed by atoms with Crippen molar-refractivity contribution in [2.24, 2.45) is 0 Å². The minimum absolute atomic E-state index is 0.368. The maximum absolute atomic E-state index is 6.09. The van der Waals surface area contributed by atoms with E-state index in [1.54, 1.807) is 0 Å². The maximum atomic E-state index is 6.09. The van der Waals surface area contributed by atoms with Crippen molar-refractivity contribution in [2.75, 3.05) is 0 Å². The number of alkyl halides is 1. The summed E-state index contributed by atoms with van der Waals surface area (Å²) in [5, 5.41) is 0. The zero-order valence-electron chi connectivity index (χ0n) is 10.7. The lowest BCUT2D eigenvalue weighted by molar-refractivity contribution is 0.973. The summed E-state index contributed by atoms with van der Waals surface area (Å²) in [5.74, 6) is 1.21. The Kier molecular flexibility index (Phi) is 3.89. The number of nitrogens with zero attached hydrogens (tertiary/aromatic N) is 2. The van der Waals surface area contributed by atoms with Gasteiger partial charge in [-0.2, -0.15) is 0 Å². The number of benzene rings is 2. The van der Waals surface area contributed by atoms with Crippen molar-refractivity contribution in [3.8, 4) is 5.69 Å². The molecule has 0 aliphatic carbocycles. The molecule has 0 radical (unpaired) electrons. The average molecular weight is 415 g/mol. The first-order valence-corrected chi connectivity index (χ1v) is 8.22. The molecule has 1 heterocycles. The van der Waals surface area contributed by atoms with E-state index < -0.39 is 0 Å². The molecule has 0 atom stereocenters. The van der Waals surface area contributed by atoms with Crippen molar-refractivity contribution < 1.29 is 0 Å². The third-order valence-corrected chi connectivity index (χ3v) is 4.62. The molecular formula is C15H11Br2ClN2. The molecule has 1 aromatic heterocycles. The summed E-state index contributed by atoms with van der Waals surface area (Å²) >= 11 is 13.2. The first-order valence-electron chi connectivity index (χ1n) is 6.10. The van der Waals surface area contributed by atoms with Crippen LogP contribution in [0.3, 0.4) is 0 Å². The lowest BCUT2D eigenvalue weighted by Gasteiger charge is -2.12. The molecule has 2 nitrogen and oxygen atoms in total. The summed E-state index contributed by atoms with van der Waals surface area (Å²) < 4.78 is 4.15. The molecule has 3 aromatic rings. The van der Waals surface area contributed by atoms with E-state index in [2.05, 4.69) is 60.5 Å². The van der Waals surface area contributed by atoms with Crippen LogP contribution in [0.4, 0.5) is 0 Å². The third-order valence-electron chi connectivity index (χ3n) is 3.22. The van der Waals surface area contributed by atoms with E-state index in [0.29, 0.717) is 5.88 Å². The Bertz CT molecular complexity index is 796. The lowest BCUT2D eigenvalue weighted by Crippen LogP contribution is -2.01. The van der Waals surface area contributed by atoms with E-state index in [0.717, 1.165) is 31.5 Å². The van der Waals surface area contributed by atoms with Gasteiger partial charge in [0.15, 0.2) is 0 Å². The number of fused-ring (bicyclic) bond motifs is 1. The largest absolute Gasteiger partial charge is 0.294 e. The third kappa shape index (κ3) is 2.30. The fourth-order valence-corrected chi connectivity index (χ4v) is 3.30. The molecule has 102 valence electrons. The Morgan fingerprint density at radius 1 is 1.20 bits per heavy atom. The molecule has 0 unspecified atom stereocenters. The second-order valence-corrected chi connectivity index (χ2v) is 6.57. The van der Waals surface area contributed by atoms with Gasteiger partial charge in [0.25, 0.3) is 0 Å². The Hall–Kier alpha value is -0.840. The first-order chi connectivity index (χ1) is 9.61. The quantitative estimate of drug-likeness (QED) is 0.499. The van der Waals surface area contributed by atoms with Gasteiger partial charge in [-0.1, -0.05) is 28.1 Å². The van der Waals surface area contributed by atoms with Crippen molar-refractivity contribution in [2.45, 2.75) is 12.8 Å². The molecule has 0 aliphatic heterocycles. The molecule has 0 fully saturated rings. The maximum Gasteiger partial charge on any atom is 0.129 e. The molecule has 5 heteroatoms. The summed E-state index contributed by atoms with van der Waals surface area (Å²) in [4.78, 5) is 4.63. The first kappa shape index (κ1) is 14.1. The number of rotatable bonds is 2. The van der Waals surface area contributed by atoms with Crippen LogP contribution in [0.2, 0.25) is 0 Å². The molecule has 0 amide bonds. The molecule has 0 spiro atoms. The zero-order chi connectivity index (χ0) is 14.3. The summed E-state index contributed by atoms with van der Waals surface area (Å²) in [5.41, 5.74) is 4.28. The number of hydrogen-bond donors (Lipinski definition) is 0. The van der Waals surface area contributed by atoms with Crippen LogP contribution < -0.4 is 0 Å². The van der Waals surface area contributed by atoms with Gasteiger partial charge in [-0.25, -0.2) is 4.98 Å². The van der Waals surface area contributed by atoms with Crippen LogP contribution in [0.5, 0.6) is 0 Å². The summed E-state index contributed by atoms with van der Waals surface area (Å²) in [6.07, 6.45) is 0. The summed E-state index contributed by atoms with van der Waals surface area (Å²) in [6.45, 7) is 2.09. The fraction of sp³-hybridized carbons (Fsp3) is 0.133. The van der Waals surface area contributed by atoms with Crippen LogP contribution in [-0.4, -0.2) is 9.55 Å². The topological polar surface area (TPSA) is 17.8 Å². The fourth-order valence-electron chi connectivity index (χ4n) is 2.35. The van der Waals surface area contributed by atoms with Crippen LogP contribution in [0, 0.1) is 6.92 Å². The van der Waals surface area contributed by atoms with Gasteiger partial charge in [0, 0.05) is 8.95 Å². The minimum atomic E-state index is 0.368. The number of imidazole rings is 1. The normalized spacial score (nSPS) is 11.2. The van der Waals surface area contributed by atoms with E-state index in [-0.39, 0.29) is 0 Å². The average Bonchev–Trinajstić information content (AvgIpc) is 2.81. The van der Waals surface area contributed by atoms with Crippen molar-refractivity contribution in [1.82, 2.24) is 9.55 Å². The molecule has 0 saturated heterocycles. The number of aryl methyl sites for hydroxylation is 1. The highest BCUT2D eigenvalue weighted by Gasteiger charge is 2.15. The van der Waals surface area contributed by atoms with Gasteiger partial charge in [0.2, 0.25) is 0 Å². The highest BCUT2D eigenvalue weighted by atomic mass is 79.9.